The quantitative estimate of drug-likeness (QED) is 0.555. The monoisotopic (exact) mass is 489 g/mol. The Hall–Kier alpha value is -2.73. The van der Waals surface area contributed by atoms with E-state index in [1.807, 2.05) is 40.9 Å². The number of ether oxygens (including phenoxy) is 1. The molecule has 0 spiro atoms. The molecule has 0 fully saturated rings. The lowest BCUT2D eigenvalue weighted by atomic mass is 10.1. The van der Waals surface area contributed by atoms with Crippen LogP contribution < -0.4 is 5.32 Å². The van der Waals surface area contributed by atoms with Gasteiger partial charge in [0.15, 0.2) is 5.13 Å². The minimum absolute atomic E-state index is 0.156. The predicted molar refractivity (Wildman–Crippen MR) is 127 cm³/mol. The van der Waals surface area contributed by atoms with Crippen molar-refractivity contribution in [1.82, 2.24) is 29.5 Å². The van der Waals surface area contributed by atoms with Crippen LogP contribution in [0.5, 0.6) is 0 Å². The van der Waals surface area contributed by atoms with Crippen molar-refractivity contribution in [2.75, 3.05) is 18.1 Å². The summed E-state index contributed by atoms with van der Waals surface area (Å²) in [5.41, 5.74) is 2.78. The highest BCUT2D eigenvalue weighted by Crippen LogP contribution is 2.29. The van der Waals surface area contributed by atoms with Gasteiger partial charge in [0.2, 0.25) is 11.1 Å². The zero-order valence-corrected chi connectivity index (χ0v) is 21.2. The Morgan fingerprint density at radius 1 is 1.21 bits per heavy atom. The van der Waals surface area contributed by atoms with Crippen LogP contribution in [0.1, 0.15) is 48.3 Å². The molecule has 2 amide bonds. The summed E-state index contributed by atoms with van der Waals surface area (Å²) in [4.78, 5) is 41.3. The van der Waals surface area contributed by atoms with Crippen LogP contribution in [0.25, 0.3) is 5.78 Å². The molecule has 0 saturated heterocycles. The van der Waals surface area contributed by atoms with Crippen LogP contribution in [0.4, 0.5) is 9.93 Å². The molecule has 4 rings (SSSR count). The maximum Gasteiger partial charge on any atom is 0.410 e. The molecule has 1 N–H and O–H groups in total. The van der Waals surface area contributed by atoms with Crippen molar-refractivity contribution < 1.29 is 14.3 Å². The first-order chi connectivity index (χ1) is 15.5. The van der Waals surface area contributed by atoms with Gasteiger partial charge in [0.05, 0.1) is 18.7 Å². The second-order valence-electron chi connectivity index (χ2n) is 8.84. The number of aromatic nitrogens is 5. The van der Waals surface area contributed by atoms with Crippen molar-refractivity contribution in [3.05, 3.63) is 27.5 Å². The zero-order valence-electron chi connectivity index (χ0n) is 19.6. The van der Waals surface area contributed by atoms with Gasteiger partial charge in [-0.2, -0.15) is 4.98 Å². The number of nitrogens with zero attached hydrogens (tertiary/aromatic N) is 6. The lowest BCUT2D eigenvalue weighted by Gasteiger charge is -2.29. The summed E-state index contributed by atoms with van der Waals surface area (Å²) in [5.74, 6) is 0.350. The van der Waals surface area contributed by atoms with Crippen LogP contribution >= 0.6 is 23.1 Å². The molecule has 1 aliphatic rings. The number of fused-ring (bicyclic) bond motifs is 2. The maximum atomic E-state index is 12.8. The Balaban J connectivity index is 1.45. The van der Waals surface area contributed by atoms with Gasteiger partial charge in [0.25, 0.3) is 5.78 Å². The van der Waals surface area contributed by atoms with Crippen LogP contribution in [-0.4, -0.2) is 59.9 Å². The van der Waals surface area contributed by atoms with Crippen molar-refractivity contribution in [2.24, 2.45) is 0 Å². The van der Waals surface area contributed by atoms with Crippen LogP contribution in [0.2, 0.25) is 0 Å². The molecule has 0 aromatic carbocycles. The van der Waals surface area contributed by atoms with Gasteiger partial charge in [0, 0.05) is 34.8 Å². The van der Waals surface area contributed by atoms with Crippen molar-refractivity contribution in [2.45, 2.75) is 64.8 Å². The molecule has 12 heteroatoms. The number of thiazole rings is 1. The van der Waals surface area contributed by atoms with Crippen LogP contribution in [0.3, 0.4) is 0 Å². The van der Waals surface area contributed by atoms with Gasteiger partial charge in [-0.1, -0.05) is 23.1 Å². The summed E-state index contributed by atoms with van der Waals surface area (Å²) >= 11 is 2.84. The molecule has 0 radical (unpaired) electrons. The number of aryl methyl sites for hydroxylation is 2. The Bertz CT molecular complexity index is 1230. The zero-order chi connectivity index (χ0) is 23.9. The highest BCUT2D eigenvalue weighted by Gasteiger charge is 2.28. The van der Waals surface area contributed by atoms with E-state index in [4.69, 9.17) is 4.74 Å². The highest BCUT2D eigenvalue weighted by atomic mass is 32.2. The Morgan fingerprint density at radius 2 is 1.97 bits per heavy atom. The molecule has 33 heavy (non-hydrogen) atoms. The van der Waals surface area contributed by atoms with Gasteiger partial charge < -0.3 is 15.0 Å². The first-order valence-electron chi connectivity index (χ1n) is 10.6. The number of nitrogens with one attached hydrogen (secondary N) is 1. The average Bonchev–Trinajstić information content (AvgIpc) is 3.32. The highest BCUT2D eigenvalue weighted by molar-refractivity contribution is 7.98. The fourth-order valence-electron chi connectivity index (χ4n) is 3.59. The third-order valence-corrected chi connectivity index (χ3v) is 6.71. The molecule has 0 unspecified atom stereocenters. The average molecular weight is 490 g/mol. The van der Waals surface area contributed by atoms with E-state index in [-0.39, 0.29) is 18.4 Å². The number of rotatable bonds is 4. The number of amides is 2. The number of hydrogen-bond donors (Lipinski definition) is 1. The van der Waals surface area contributed by atoms with Gasteiger partial charge in [-0.3, -0.25) is 4.79 Å². The number of carbonyl (C=O) groups is 2. The molecular formula is C21H27N7O3S2. The molecular weight excluding hydrogens is 462 g/mol. The van der Waals surface area contributed by atoms with Crippen molar-refractivity contribution in [3.63, 3.8) is 0 Å². The Labute approximate surface area is 200 Å². The van der Waals surface area contributed by atoms with E-state index in [0.29, 0.717) is 35.6 Å². The fourth-order valence-corrected chi connectivity index (χ4v) is 4.96. The van der Waals surface area contributed by atoms with E-state index < -0.39 is 5.60 Å². The molecule has 10 nitrogen and oxygen atoms in total. The van der Waals surface area contributed by atoms with Gasteiger partial charge in [-0.25, -0.2) is 19.3 Å². The van der Waals surface area contributed by atoms with Gasteiger partial charge >= 0.3 is 6.09 Å². The van der Waals surface area contributed by atoms with E-state index in [1.54, 1.807) is 9.42 Å². The molecule has 0 aliphatic carbocycles. The van der Waals surface area contributed by atoms with E-state index in [2.05, 4.69) is 25.4 Å². The first kappa shape index (κ1) is 23.4. The Morgan fingerprint density at radius 3 is 2.67 bits per heavy atom. The molecule has 176 valence electrons. The smallest absolute Gasteiger partial charge is 0.410 e. The van der Waals surface area contributed by atoms with Crippen molar-refractivity contribution in [1.29, 1.82) is 0 Å². The largest absolute Gasteiger partial charge is 0.444 e. The first-order valence-corrected chi connectivity index (χ1v) is 12.6. The predicted octanol–water partition coefficient (Wildman–Crippen LogP) is 3.39. The molecule has 0 saturated carbocycles. The van der Waals surface area contributed by atoms with Crippen molar-refractivity contribution in [3.8, 4) is 0 Å². The second kappa shape index (κ2) is 8.90. The Kier molecular flexibility index (Phi) is 6.32. The lowest BCUT2D eigenvalue weighted by Crippen LogP contribution is -2.39. The van der Waals surface area contributed by atoms with E-state index in [1.165, 1.54) is 23.1 Å². The maximum absolute atomic E-state index is 12.8. The molecule has 0 bridgehead atoms. The summed E-state index contributed by atoms with van der Waals surface area (Å²) in [6.45, 7) is 10.3. The van der Waals surface area contributed by atoms with Crippen LogP contribution in [0.15, 0.2) is 5.16 Å². The van der Waals surface area contributed by atoms with Gasteiger partial charge in [-0.15, -0.1) is 5.10 Å². The van der Waals surface area contributed by atoms with E-state index in [0.717, 1.165) is 27.5 Å². The number of anilines is 1. The standard InChI is InChI=1S/C21H27N7O3S2/c1-11-13(12(2)28-17(22-11)25-19(26-28)32-6)9-16(29)24-18-23-14-7-8-27(10-15(14)33-18)20(30)31-21(3,4)5/h7-10H2,1-6H3,(H,23,24,29). The lowest BCUT2D eigenvalue weighted by molar-refractivity contribution is -0.115. The molecule has 4 heterocycles. The molecule has 0 atom stereocenters. The fraction of sp³-hybridized carbons (Fsp3) is 0.524. The second-order valence-corrected chi connectivity index (χ2v) is 10.7. The number of carbonyl (C=O) groups excluding carboxylic acids is 2. The SMILES string of the molecule is CSc1nc2nc(C)c(CC(=O)Nc3nc4c(s3)CN(C(=O)OC(C)(C)C)CC4)c(C)n2n1. The van der Waals surface area contributed by atoms with E-state index in [9.17, 15) is 9.59 Å². The normalized spacial score (nSPS) is 13.8. The molecule has 1 aliphatic heterocycles. The summed E-state index contributed by atoms with van der Waals surface area (Å²) in [5, 5.41) is 8.51. The van der Waals surface area contributed by atoms with Crippen LogP contribution in [-0.2, 0) is 28.9 Å². The van der Waals surface area contributed by atoms with Gasteiger partial charge in [0.1, 0.15) is 5.60 Å². The topological polar surface area (TPSA) is 115 Å². The third-order valence-electron chi connectivity index (χ3n) is 5.18. The summed E-state index contributed by atoms with van der Waals surface area (Å²) in [6.07, 6.45) is 2.36. The number of hydrogen-bond acceptors (Lipinski definition) is 9. The molecule has 3 aromatic rings. The summed E-state index contributed by atoms with van der Waals surface area (Å²) < 4.78 is 7.15. The summed E-state index contributed by atoms with van der Waals surface area (Å²) in [7, 11) is 0. The van der Waals surface area contributed by atoms with Gasteiger partial charge in [-0.05, 0) is 40.9 Å². The van der Waals surface area contributed by atoms with E-state index >= 15 is 0 Å². The summed E-state index contributed by atoms with van der Waals surface area (Å²) in [6, 6.07) is 0. The van der Waals surface area contributed by atoms with Crippen molar-refractivity contribution >= 4 is 46.0 Å². The molecule has 3 aromatic heterocycles. The van der Waals surface area contributed by atoms with Crippen LogP contribution in [0, 0.1) is 13.8 Å². The minimum Gasteiger partial charge on any atom is -0.444 e. The minimum atomic E-state index is -0.540. The third kappa shape index (κ3) is 5.11. The number of thioether (sulfide) groups is 1.